The van der Waals surface area contributed by atoms with Gasteiger partial charge in [0.2, 0.25) is 6.71 Å². The molecular weight excluding hydrogens is 455 g/mol. The van der Waals surface area contributed by atoms with Crippen molar-refractivity contribution < 1.29 is 0 Å². The molecule has 0 aliphatic carbocycles. The van der Waals surface area contributed by atoms with Crippen LogP contribution in [0.4, 0.5) is 17.1 Å². The van der Waals surface area contributed by atoms with Crippen LogP contribution in [0.1, 0.15) is 16.7 Å². The summed E-state index contributed by atoms with van der Waals surface area (Å²) in [6.45, 7) is -0.0933. The number of nitriles is 3. The van der Waals surface area contributed by atoms with E-state index < -0.39 is 0 Å². The molecule has 0 bridgehead atoms. The second-order valence-electron chi connectivity index (χ2n) is 8.36. The van der Waals surface area contributed by atoms with Gasteiger partial charge >= 0.3 is 0 Å². The minimum atomic E-state index is -0.0933. The van der Waals surface area contributed by atoms with Crippen molar-refractivity contribution in [3.63, 3.8) is 0 Å². The van der Waals surface area contributed by atoms with Crippen LogP contribution in [0.25, 0.3) is 0 Å². The van der Waals surface area contributed by atoms with Gasteiger partial charge in [0.25, 0.3) is 0 Å². The van der Waals surface area contributed by atoms with E-state index in [9.17, 15) is 15.8 Å². The molecule has 7 rings (SSSR count). The first-order valence-corrected chi connectivity index (χ1v) is 12.3. The van der Waals surface area contributed by atoms with Crippen molar-refractivity contribution in [1.29, 1.82) is 15.8 Å². The minimum absolute atomic E-state index is 0.0933. The Balaban J connectivity index is 1.65. The van der Waals surface area contributed by atoms with Crippen molar-refractivity contribution in [2.45, 2.75) is 19.6 Å². The molecule has 3 aliphatic rings. The highest BCUT2D eigenvalue weighted by molar-refractivity contribution is 8.00. The van der Waals surface area contributed by atoms with Crippen LogP contribution in [-0.2, 0) is 0 Å². The molecule has 0 unspecified atom stereocenters. The number of nitrogens with zero attached hydrogens (tertiary/aromatic N) is 4. The van der Waals surface area contributed by atoms with Gasteiger partial charge in [-0.05, 0) is 47.3 Å². The van der Waals surface area contributed by atoms with Crippen LogP contribution in [-0.4, -0.2) is 6.71 Å². The zero-order valence-corrected chi connectivity index (χ0v) is 19.2. The van der Waals surface area contributed by atoms with Crippen molar-refractivity contribution in [1.82, 2.24) is 0 Å². The van der Waals surface area contributed by atoms with Gasteiger partial charge in [0.05, 0.1) is 52.0 Å². The molecule has 0 N–H and O–H groups in total. The Morgan fingerprint density at radius 1 is 0.588 bits per heavy atom. The smallest absolute Gasteiger partial charge is 0.246 e. The Morgan fingerprint density at radius 2 is 1.03 bits per heavy atom. The highest BCUT2D eigenvalue weighted by Crippen LogP contribution is 2.60. The van der Waals surface area contributed by atoms with Gasteiger partial charge in [-0.2, -0.15) is 15.8 Å². The van der Waals surface area contributed by atoms with E-state index >= 15 is 0 Å². The highest BCUT2D eigenvalue weighted by Gasteiger charge is 2.44. The Bertz CT molecular complexity index is 1610. The summed E-state index contributed by atoms with van der Waals surface area (Å²) in [5, 5.41) is 29.3. The molecule has 0 fully saturated rings. The van der Waals surface area contributed by atoms with Crippen molar-refractivity contribution >= 4 is 63.7 Å². The summed E-state index contributed by atoms with van der Waals surface area (Å²) < 4.78 is 0. The van der Waals surface area contributed by atoms with E-state index in [2.05, 4.69) is 35.2 Å². The van der Waals surface area contributed by atoms with E-state index in [1.54, 1.807) is 23.5 Å². The van der Waals surface area contributed by atoms with E-state index in [-0.39, 0.29) is 6.71 Å². The first-order chi connectivity index (χ1) is 16.7. The number of benzene rings is 4. The second-order valence-corrected chi connectivity index (χ2v) is 10.5. The van der Waals surface area contributed by atoms with Gasteiger partial charge < -0.3 is 4.90 Å². The quantitative estimate of drug-likeness (QED) is 0.331. The Labute approximate surface area is 205 Å². The maximum absolute atomic E-state index is 9.85. The van der Waals surface area contributed by atoms with Crippen molar-refractivity contribution in [3.8, 4) is 18.2 Å². The Kier molecular flexibility index (Phi) is 3.97. The molecule has 4 aromatic carbocycles. The zero-order valence-electron chi connectivity index (χ0n) is 17.5. The summed E-state index contributed by atoms with van der Waals surface area (Å²) in [6, 6.07) is 29.0. The molecule has 3 heterocycles. The molecule has 0 spiro atoms. The molecule has 0 aromatic heterocycles. The van der Waals surface area contributed by atoms with Crippen molar-refractivity contribution in [2.24, 2.45) is 0 Å². The molecule has 34 heavy (non-hydrogen) atoms. The molecule has 0 radical (unpaired) electrons. The normalized spacial score (nSPS) is 13.4. The van der Waals surface area contributed by atoms with Gasteiger partial charge in [0, 0.05) is 19.6 Å². The van der Waals surface area contributed by atoms with Gasteiger partial charge in [0.15, 0.2) is 0 Å². The van der Waals surface area contributed by atoms with Crippen LogP contribution >= 0.6 is 23.5 Å². The molecule has 4 aromatic rings. The van der Waals surface area contributed by atoms with E-state index in [0.29, 0.717) is 16.7 Å². The van der Waals surface area contributed by atoms with Gasteiger partial charge in [-0.15, -0.1) is 0 Å². The summed E-state index contributed by atoms with van der Waals surface area (Å²) >= 11 is 3.24. The van der Waals surface area contributed by atoms with E-state index in [1.807, 2.05) is 54.6 Å². The maximum Gasteiger partial charge on any atom is 0.246 e. The molecule has 0 saturated carbocycles. The lowest BCUT2D eigenvalue weighted by molar-refractivity contribution is 1.08. The predicted molar refractivity (Wildman–Crippen MR) is 135 cm³/mol. The fourth-order valence-corrected chi connectivity index (χ4v) is 7.72. The number of rotatable bonds is 1. The van der Waals surface area contributed by atoms with Crippen LogP contribution in [0.5, 0.6) is 0 Å². The van der Waals surface area contributed by atoms with Crippen LogP contribution in [0.2, 0.25) is 0 Å². The fourth-order valence-electron chi connectivity index (χ4n) is 5.23. The summed E-state index contributed by atoms with van der Waals surface area (Å²) in [6.07, 6.45) is 0. The van der Waals surface area contributed by atoms with Crippen LogP contribution in [0.15, 0.2) is 86.3 Å². The highest BCUT2D eigenvalue weighted by atomic mass is 32.2. The third kappa shape index (κ3) is 2.50. The third-order valence-electron chi connectivity index (χ3n) is 6.50. The lowest BCUT2D eigenvalue weighted by atomic mass is 9.35. The molecule has 7 heteroatoms. The first-order valence-electron chi connectivity index (χ1n) is 10.6. The van der Waals surface area contributed by atoms with Gasteiger partial charge in [-0.1, -0.05) is 59.3 Å². The first kappa shape index (κ1) is 19.4. The summed E-state index contributed by atoms with van der Waals surface area (Å²) in [4.78, 5) is 6.34. The van der Waals surface area contributed by atoms with E-state index in [4.69, 9.17) is 0 Å². The second kappa shape index (κ2) is 6.96. The molecule has 3 aliphatic heterocycles. The third-order valence-corrected chi connectivity index (χ3v) is 8.63. The predicted octanol–water partition coefficient (Wildman–Crippen LogP) is 4.53. The fraction of sp³-hybridized carbons (Fsp3) is 0. The lowest BCUT2D eigenvalue weighted by Crippen LogP contribution is -2.58. The molecule has 154 valence electrons. The van der Waals surface area contributed by atoms with Gasteiger partial charge in [-0.3, -0.25) is 0 Å². The van der Waals surface area contributed by atoms with Crippen LogP contribution in [0, 0.1) is 34.0 Å². The van der Waals surface area contributed by atoms with E-state index in [0.717, 1.165) is 53.0 Å². The average Bonchev–Trinajstić information content (AvgIpc) is 2.88. The van der Waals surface area contributed by atoms with E-state index in [1.165, 1.54) is 0 Å². The molecule has 0 atom stereocenters. The summed E-state index contributed by atoms with van der Waals surface area (Å²) in [7, 11) is 0. The lowest BCUT2D eigenvalue weighted by Gasteiger charge is -2.45. The maximum atomic E-state index is 9.85. The topological polar surface area (TPSA) is 74.6 Å². The summed E-state index contributed by atoms with van der Waals surface area (Å²) in [5.41, 5.74) is 8.34. The van der Waals surface area contributed by atoms with Crippen LogP contribution in [0.3, 0.4) is 0 Å². The number of hydrogen-bond acceptors (Lipinski definition) is 6. The minimum Gasteiger partial charge on any atom is -0.307 e. The molecular formula is C27H11BN4S2. The SMILES string of the molecule is N#Cc1cc2c3c(c1)Sc1cc(C#N)cc4c1N3c1c(cc(C#N)cc1B4c1ccccc1)S2. The van der Waals surface area contributed by atoms with Gasteiger partial charge in [0.1, 0.15) is 0 Å². The Morgan fingerprint density at radius 3 is 1.50 bits per heavy atom. The number of anilines is 3. The summed E-state index contributed by atoms with van der Waals surface area (Å²) in [5.74, 6) is 0. The molecule has 4 nitrogen and oxygen atoms in total. The molecule has 0 saturated heterocycles. The van der Waals surface area contributed by atoms with Crippen LogP contribution < -0.4 is 21.3 Å². The zero-order chi connectivity index (χ0) is 23.0. The standard InChI is InChI=1S/C27H11BN4S2/c29-12-15-6-19-25-21(8-15)33-23-10-17(14-31)11-24-27(23)32(25)26-20(7-16(13-30)9-22(26)34-24)28(19)18-4-2-1-3-5-18/h1-11H. The Hall–Kier alpha value is -4.09. The monoisotopic (exact) mass is 466 g/mol. The molecule has 0 amide bonds. The van der Waals surface area contributed by atoms with Gasteiger partial charge in [-0.25, -0.2) is 0 Å². The van der Waals surface area contributed by atoms with Crippen molar-refractivity contribution in [3.05, 3.63) is 83.4 Å². The van der Waals surface area contributed by atoms with Crippen molar-refractivity contribution in [2.75, 3.05) is 4.90 Å². The largest absolute Gasteiger partial charge is 0.307 e. The number of hydrogen-bond donors (Lipinski definition) is 0. The average molecular weight is 466 g/mol.